The van der Waals surface area contributed by atoms with Crippen molar-refractivity contribution in [1.82, 2.24) is 0 Å². The van der Waals surface area contributed by atoms with Crippen LogP contribution in [0.5, 0.6) is 5.75 Å². The lowest BCUT2D eigenvalue weighted by molar-refractivity contribution is 0.102. The van der Waals surface area contributed by atoms with E-state index >= 15 is 0 Å². The van der Waals surface area contributed by atoms with Gasteiger partial charge in [-0.25, -0.2) is 0 Å². The second-order valence-electron chi connectivity index (χ2n) is 4.15. The molecule has 0 aliphatic carbocycles. The summed E-state index contributed by atoms with van der Waals surface area (Å²) in [5.41, 5.74) is 7.17. The molecule has 0 bridgehead atoms. The molecular weight excluding hydrogens is 276 g/mol. The molecule has 0 fully saturated rings. The molecule has 0 saturated carbocycles. The van der Waals surface area contributed by atoms with Gasteiger partial charge in [0.2, 0.25) is 0 Å². The van der Waals surface area contributed by atoms with Crippen molar-refractivity contribution in [1.29, 1.82) is 0 Å². The molecule has 0 atom stereocenters. The summed E-state index contributed by atoms with van der Waals surface area (Å²) in [6.07, 6.45) is 0. The van der Waals surface area contributed by atoms with Crippen LogP contribution in [0.4, 0.5) is 11.4 Å². The maximum atomic E-state index is 12.1. The molecule has 0 spiro atoms. The summed E-state index contributed by atoms with van der Waals surface area (Å²) >= 11 is 5.90. The number of rotatable bonds is 4. The van der Waals surface area contributed by atoms with Crippen molar-refractivity contribution in [2.45, 2.75) is 6.92 Å². The fraction of sp³-hybridized carbons (Fsp3) is 0.133. The van der Waals surface area contributed by atoms with E-state index < -0.39 is 0 Å². The van der Waals surface area contributed by atoms with Crippen molar-refractivity contribution in [3.05, 3.63) is 53.1 Å². The first-order valence-electron chi connectivity index (χ1n) is 6.19. The molecule has 0 aliphatic heterocycles. The zero-order valence-corrected chi connectivity index (χ0v) is 11.8. The van der Waals surface area contributed by atoms with Crippen LogP contribution in [0.15, 0.2) is 42.5 Å². The predicted molar refractivity (Wildman–Crippen MR) is 81.4 cm³/mol. The van der Waals surface area contributed by atoms with Crippen LogP contribution in [0.2, 0.25) is 5.02 Å². The molecule has 0 aliphatic rings. The third kappa shape index (κ3) is 3.42. The predicted octanol–water partition coefficient (Wildman–Crippen LogP) is 3.57. The van der Waals surface area contributed by atoms with Crippen LogP contribution in [0.1, 0.15) is 17.3 Å². The van der Waals surface area contributed by atoms with Crippen LogP contribution in [0.3, 0.4) is 0 Å². The number of halogens is 1. The van der Waals surface area contributed by atoms with E-state index in [0.29, 0.717) is 34.3 Å². The Morgan fingerprint density at radius 3 is 2.80 bits per heavy atom. The summed E-state index contributed by atoms with van der Waals surface area (Å²) < 4.78 is 5.38. The molecule has 0 aromatic heterocycles. The highest BCUT2D eigenvalue weighted by atomic mass is 35.5. The van der Waals surface area contributed by atoms with Gasteiger partial charge in [0, 0.05) is 17.3 Å². The fourth-order valence-electron chi connectivity index (χ4n) is 1.70. The molecule has 0 heterocycles. The molecule has 1 amide bonds. The monoisotopic (exact) mass is 290 g/mol. The third-order valence-electron chi connectivity index (χ3n) is 2.67. The number of carbonyl (C=O) groups is 1. The summed E-state index contributed by atoms with van der Waals surface area (Å²) in [6.45, 7) is 2.48. The lowest BCUT2D eigenvalue weighted by Crippen LogP contribution is -2.12. The van der Waals surface area contributed by atoms with Crippen LogP contribution in [0.25, 0.3) is 0 Å². The second-order valence-corrected chi connectivity index (χ2v) is 4.56. The molecule has 2 aromatic rings. The first-order valence-corrected chi connectivity index (χ1v) is 6.57. The molecule has 3 N–H and O–H groups in total. The van der Waals surface area contributed by atoms with Gasteiger partial charge in [-0.05, 0) is 37.3 Å². The molecule has 20 heavy (non-hydrogen) atoms. The Kier molecular flexibility index (Phi) is 4.48. The minimum Gasteiger partial charge on any atom is -0.494 e. The van der Waals surface area contributed by atoms with Gasteiger partial charge < -0.3 is 15.8 Å². The molecule has 4 nitrogen and oxygen atoms in total. The number of amides is 1. The van der Waals surface area contributed by atoms with Crippen molar-refractivity contribution >= 4 is 28.9 Å². The zero-order chi connectivity index (χ0) is 14.5. The topological polar surface area (TPSA) is 64.3 Å². The van der Waals surface area contributed by atoms with Crippen molar-refractivity contribution < 1.29 is 9.53 Å². The van der Waals surface area contributed by atoms with Gasteiger partial charge in [-0.1, -0.05) is 17.7 Å². The van der Waals surface area contributed by atoms with E-state index in [1.807, 2.05) is 19.1 Å². The van der Waals surface area contributed by atoms with E-state index in [1.165, 1.54) is 0 Å². The van der Waals surface area contributed by atoms with Crippen molar-refractivity contribution in [3.8, 4) is 5.75 Å². The van der Waals surface area contributed by atoms with Crippen LogP contribution in [0, 0.1) is 0 Å². The largest absolute Gasteiger partial charge is 0.494 e. The molecule has 5 heteroatoms. The van der Waals surface area contributed by atoms with E-state index in [0.717, 1.165) is 0 Å². The Bertz CT molecular complexity index is 629. The fourth-order valence-corrected chi connectivity index (χ4v) is 1.88. The maximum absolute atomic E-state index is 12.1. The first kappa shape index (κ1) is 14.2. The van der Waals surface area contributed by atoms with Gasteiger partial charge >= 0.3 is 0 Å². The molecule has 2 rings (SSSR count). The van der Waals surface area contributed by atoms with Gasteiger partial charge in [0.25, 0.3) is 5.91 Å². The van der Waals surface area contributed by atoms with Gasteiger partial charge in [0.1, 0.15) is 5.75 Å². The SMILES string of the molecule is CCOc1cccc(NC(=O)c2ccc(N)c(Cl)c2)c1. The molecule has 104 valence electrons. The Morgan fingerprint density at radius 1 is 1.30 bits per heavy atom. The maximum Gasteiger partial charge on any atom is 0.255 e. The number of benzene rings is 2. The van der Waals surface area contributed by atoms with Crippen molar-refractivity contribution in [3.63, 3.8) is 0 Å². The molecule has 0 saturated heterocycles. The Balaban J connectivity index is 2.14. The van der Waals surface area contributed by atoms with E-state index in [1.54, 1.807) is 30.3 Å². The lowest BCUT2D eigenvalue weighted by Gasteiger charge is -2.08. The van der Waals surface area contributed by atoms with E-state index in [2.05, 4.69) is 5.32 Å². The second kappa shape index (κ2) is 6.30. The van der Waals surface area contributed by atoms with Crippen LogP contribution < -0.4 is 15.8 Å². The number of hydrogen-bond acceptors (Lipinski definition) is 3. The summed E-state index contributed by atoms with van der Waals surface area (Å²) in [4.78, 5) is 12.1. The van der Waals surface area contributed by atoms with Gasteiger partial charge in [0.15, 0.2) is 0 Å². The molecule has 0 unspecified atom stereocenters. The number of nitrogens with one attached hydrogen (secondary N) is 1. The Labute approximate surface area is 122 Å². The van der Waals surface area contributed by atoms with Crippen LogP contribution >= 0.6 is 11.6 Å². The summed E-state index contributed by atoms with van der Waals surface area (Å²) in [5, 5.41) is 3.15. The lowest BCUT2D eigenvalue weighted by atomic mass is 10.2. The van der Waals surface area contributed by atoms with Crippen LogP contribution in [-0.2, 0) is 0 Å². The minimum absolute atomic E-state index is 0.249. The number of ether oxygens (including phenoxy) is 1. The summed E-state index contributed by atoms with van der Waals surface area (Å²) in [6, 6.07) is 12.0. The number of carbonyl (C=O) groups excluding carboxylic acids is 1. The average Bonchev–Trinajstić information content (AvgIpc) is 2.42. The van der Waals surface area contributed by atoms with Gasteiger partial charge in [-0.3, -0.25) is 4.79 Å². The van der Waals surface area contributed by atoms with Crippen molar-refractivity contribution in [2.24, 2.45) is 0 Å². The minimum atomic E-state index is -0.249. The Hall–Kier alpha value is -2.20. The standard InChI is InChI=1S/C15H15ClN2O2/c1-2-20-12-5-3-4-11(9-12)18-15(19)10-6-7-14(17)13(16)8-10/h3-9H,2,17H2,1H3,(H,18,19). The van der Waals surface area contributed by atoms with E-state index in [-0.39, 0.29) is 5.91 Å². The molecule has 2 aromatic carbocycles. The number of anilines is 2. The third-order valence-corrected chi connectivity index (χ3v) is 2.99. The normalized spacial score (nSPS) is 10.1. The van der Waals surface area contributed by atoms with Crippen LogP contribution in [-0.4, -0.2) is 12.5 Å². The average molecular weight is 291 g/mol. The van der Waals surface area contributed by atoms with Gasteiger partial charge in [-0.15, -0.1) is 0 Å². The van der Waals surface area contributed by atoms with Crippen molar-refractivity contribution in [2.75, 3.05) is 17.7 Å². The summed E-state index contributed by atoms with van der Waals surface area (Å²) in [7, 11) is 0. The Morgan fingerprint density at radius 2 is 2.10 bits per heavy atom. The zero-order valence-electron chi connectivity index (χ0n) is 11.0. The highest BCUT2D eigenvalue weighted by Gasteiger charge is 2.08. The number of nitrogen functional groups attached to an aromatic ring is 1. The highest BCUT2D eigenvalue weighted by Crippen LogP contribution is 2.21. The van der Waals surface area contributed by atoms with Gasteiger partial charge in [0.05, 0.1) is 17.3 Å². The number of nitrogens with two attached hydrogens (primary N) is 1. The molecule has 0 radical (unpaired) electrons. The summed E-state index contributed by atoms with van der Waals surface area (Å²) in [5.74, 6) is 0.459. The highest BCUT2D eigenvalue weighted by molar-refractivity contribution is 6.33. The van der Waals surface area contributed by atoms with Gasteiger partial charge in [-0.2, -0.15) is 0 Å². The van der Waals surface area contributed by atoms with E-state index in [4.69, 9.17) is 22.1 Å². The smallest absolute Gasteiger partial charge is 0.255 e. The van der Waals surface area contributed by atoms with E-state index in [9.17, 15) is 4.79 Å². The number of hydrogen-bond donors (Lipinski definition) is 2. The quantitative estimate of drug-likeness (QED) is 0.846. The first-order chi connectivity index (χ1) is 9.60. The molecular formula is C15H15ClN2O2.